The lowest BCUT2D eigenvalue weighted by molar-refractivity contribution is -0.137. The van der Waals surface area contributed by atoms with E-state index in [1.165, 1.54) is 44.2 Å². The van der Waals surface area contributed by atoms with E-state index >= 15 is 0 Å². The van der Waals surface area contributed by atoms with E-state index in [1.807, 2.05) is 0 Å². The monoisotopic (exact) mass is 613 g/mol. The van der Waals surface area contributed by atoms with Crippen LogP contribution in [0.3, 0.4) is 0 Å². The maximum Gasteiger partial charge on any atom is 0.416 e. The largest absolute Gasteiger partial charge is 0.484 e. The zero-order valence-corrected chi connectivity index (χ0v) is 23.2. The zero-order valence-electron chi connectivity index (χ0n) is 21.6. The molecule has 3 aromatic rings. The van der Waals surface area contributed by atoms with Crippen LogP contribution in [-0.2, 0) is 25.8 Å². The van der Waals surface area contributed by atoms with Gasteiger partial charge in [0.1, 0.15) is 23.7 Å². The maximum absolute atomic E-state index is 14.1. The number of fused-ring (bicyclic) bond motifs is 1. The van der Waals surface area contributed by atoms with Crippen LogP contribution in [0.15, 0.2) is 65.6 Å². The molecule has 14 heteroatoms. The van der Waals surface area contributed by atoms with E-state index in [4.69, 9.17) is 16.3 Å². The van der Waals surface area contributed by atoms with Crippen LogP contribution < -0.4 is 19.7 Å². The van der Waals surface area contributed by atoms with Crippen LogP contribution in [0.25, 0.3) is 11.1 Å². The molecule has 4 rings (SSSR count). The zero-order chi connectivity index (χ0) is 30.1. The minimum absolute atomic E-state index is 0.0190. The molecular weight excluding hydrogens is 590 g/mol. The van der Waals surface area contributed by atoms with Gasteiger partial charge in [-0.1, -0.05) is 35.9 Å². The molecule has 0 aromatic heterocycles. The summed E-state index contributed by atoms with van der Waals surface area (Å²) in [5.74, 6) is -1.63. The Morgan fingerprint density at radius 1 is 1.12 bits per heavy atom. The normalized spacial score (nSPS) is 15.9. The molecule has 2 N–H and O–H groups in total. The summed E-state index contributed by atoms with van der Waals surface area (Å²) in [5, 5.41) is 4.79. The number of halogens is 5. The highest BCUT2D eigenvalue weighted by Crippen LogP contribution is 2.42. The summed E-state index contributed by atoms with van der Waals surface area (Å²) in [5.41, 5.74) is -0.582. The van der Waals surface area contributed by atoms with Crippen molar-refractivity contribution in [3.05, 3.63) is 77.1 Å². The number of alkyl halides is 3. The van der Waals surface area contributed by atoms with Gasteiger partial charge in [-0.15, -0.1) is 0 Å². The highest BCUT2D eigenvalue weighted by atomic mass is 35.5. The van der Waals surface area contributed by atoms with E-state index in [1.54, 1.807) is 0 Å². The SMILES string of the molecule is CC(=O)NC(C)C(=O)NC[C@H]1CN(S(=O)(=O)c2cccc(C(F)(F)F)c2)c2cc(-c3cccc(F)c3Cl)ccc2O1. The number of carbonyl (C=O) groups is 2. The van der Waals surface area contributed by atoms with Crippen LogP contribution in [0, 0.1) is 5.82 Å². The number of carbonyl (C=O) groups excluding carboxylic acids is 2. The van der Waals surface area contributed by atoms with Crippen molar-refractivity contribution in [3.63, 3.8) is 0 Å². The maximum atomic E-state index is 14.1. The number of nitrogens with zero attached hydrogens (tertiary/aromatic N) is 1. The van der Waals surface area contributed by atoms with Crippen molar-refractivity contribution in [2.45, 2.75) is 37.1 Å². The highest BCUT2D eigenvalue weighted by Gasteiger charge is 2.37. The first-order chi connectivity index (χ1) is 19.2. The molecule has 218 valence electrons. The molecule has 1 aliphatic heterocycles. The molecule has 0 saturated heterocycles. The second-order valence-corrected chi connectivity index (χ2v) is 11.5. The van der Waals surface area contributed by atoms with Crippen LogP contribution in [0.5, 0.6) is 5.75 Å². The van der Waals surface area contributed by atoms with E-state index in [-0.39, 0.29) is 35.1 Å². The number of rotatable bonds is 7. The Hall–Kier alpha value is -3.84. The molecule has 0 saturated carbocycles. The number of sulfonamides is 1. The number of hydrogen-bond donors (Lipinski definition) is 2. The Bertz CT molecular complexity index is 1600. The summed E-state index contributed by atoms with van der Waals surface area (Å²) in [6, 6.07) is 10.9. The van der Waals surface area contributed by atoms with Crippen molar-refractivity contribution in [2.75, 3.05) is 17.4 Å². The molecule has 41 heavy (non-hydrogen) atoms. The number of nitrogens with one attached hydrogen (secondary N) is 2. The summed E-state index contributed by atoms with van der Waals surface area (Å²) < 4.78 is 88.7. The fourth-order valence-corrected chi connectivity index (χ4v) is 6.02. The number of hydrogen-bond acceptors (Lipinski definition) is 5. The van der Waals surface area contributed by atoms with Crippen molar-refractivity contribution in [1.82, 2.24) is 10.6 Å². The third-order valence-electron chi connectivity index (χ3n) is 6.22. The van der Waals surface area contributed by atoms with Crippen LogP contribution in [0.4, 0.5) is 23.2 Å². The third kappa shape index (κ3) is 6.57. The van der Waals surface area contributed by atoms with E-state index in [0.29, 0.717) is 11.6 Å². The van der Waals surface area contributed by atoms with Gasteiger partial charge in [0.05, 0.1) is 34.3 Å². The van der Waals surface area contributed by atoms with Gasteiger partial charge < -0.3 is 15.4 Å². The van der Waals surface area contributed by atoms with Gasteiger partial charge in [-0.2, -0.15) is 13.2 Å². The molecule has 2 atom stereocenters. The standard InChI is InChI=1S/C27H24ClF4N3O5S/c1-15(34-16(2)36)26(37)33-13-19-14-35(41(38,39)20-6-3-5-18(12-20)27(30,31)32)23-11-17(9-10-24(23)40-19)21-7-4-8-22(29)25(21)28/h3-12,15,19H,13-14H2,1-2H3,(H,33,37)(H,34,36)/t15?,19-/m0/s1. The molecule has 0 aliphatic carbocycles. The average Bonchev–Trinajstić information content (AvgIpc) is 2.91. The first-order valence-electron chi connectivity index (χ1n) is 12.2. The molecule has 2 amide bonds. The minimum Gasteiger partial charge on any atom is -0.484 e. The van der Waals surface area contributed by atoms with E-state index < -0.39 is 56.4 Å². The van der Waals surface area contributed by atoms with Crippen molar-refractivity contribution in [2.24, 2.45) is 0 Å². The number of amides is 2. The lowest BCUT2D eigenvalue weighted by atomic mass is 10.0. The smallest absolute Gasteiger partial charge is 0.416 e. The number of ether oxygens (including phenoxy) is 1. The van der Waals surface area contributed by atoms with Gasteiger partial charge in [0, 0.05) is 12.5 Å². The molecule has 1 aliphatic rings. The van der Waals surface area contributed by atoms with Crippen molar-refractivity contribution in [1.29, 1.82) is 0 Å². The second kappa shape index (κ2) is 11.6. The van der Waals surface area contributed by atoms with Crippen LogP contribution >= 0.6 is 11.6 Å². The Balaban J connectivity index is 1.75. The first kappa shape index (κ1) is 30.1. The van der Waals surface area contributed by atoms with Crippen molar-refractivity contribution < 1.29 is 40.3 Å². The second-order valence-electron chi connectivity index (χ2n) is 9.25. The number of benzene rings is 3. The van der Waals surface area contributed by atoms with Gasteiger partial charge in [-0.3, -0.25) is 13.9 Å². The van der Waals surface area contributed by atoms with Crippen LogP contribution in [0.1, 0.15) is 19.4 Å². The highest BCUT2D eigenvalue weighted by molar-refractivity contribution is 7.92. The molecule has 0 fully saturated rings. The van der Waals surface area contributed by atoms with Gasteiger partial charge >= 0.3 is 6.18 Å². The predicted molar refractivity (Wildman–Crippen MR) is 144 cm³/mol. The summed E-state index contributed by atoms with van der Waals surface area (Å²) in [4.78, 5) is 23.0. The van der Waals surface area contributed by atoms with Crippen molar-refractivity contribution >= 4 is 39.1 Å². The van der Waals surface area contributed by atoms with Gasteiger partial charge in [-0.05, 0) is 48.9 Å². The third-order valence-corrected chi connectivity index (χ3v) is 8.38. The fourth-order valence-electron chi connectivity index (χ4n) is 4.24. The van der Waals surface area contributed by atoms with E-state index in [9.17, 15) is 35.6 Å². The van der Waals surface area contributed by atoms with E-state index in [0.717, 1.165) is 28.6 Å². The van der Waals surface area contributed by atoms with E-state index in [2.05, 4.69) is 10.6 Å². The lowest BCUT2D eigenvalue weighted by Gasteiger charge is -2.36. The van der Waals surface area contributed by atoms with Gasteiger partial charge in [0.25, 0.3) is 10.0 Å². The predicted octanol–water partition coefficient (Wildman–Crippen LogP) is 4.76. The van der Waals surface area contributed by atoms with Gasteiger partial charge in [0.2, 0.25) is 11.8 Å². The van der Waals surface area contributed by atoms with Crippen molar-refractivity contribution in [3.8, 4) is 16.9 Å². The Kier molecular flexibility index (Phi) is 8.50. The Morgan fingerprint density at radius 3 is 2.51 bits per heavy atom. The molecule has 0 bridgehead atoms. The molecule has 0 radical (unpaired) electrons. The average molecular weight is 614 g/mol. The molecule has 8 nitrogen and oxygen atoms in total. The number of anilines is 1. The fraction of sp³-hybridized carbons (Fsp3) is 0.259. The lowest BCUT2D eigenvalue weighted by Crippen LogP contribution is -2.51. The molecule has 1 unspecified atom stereocenters. The molecular formula is C27H24ClF4N3O5S. The summed E-state index contributed by atoms with van der Waals surface area (Å²) in [7, 11) is -4.60. The molecule has 0 spiro atoms. The van der Waals surface area contributed by atoms with Gasteiger partial charge in [0.15, 0.2) is 0 Å². The van der Waals surface area contributed by atoms with Gasteiger partial charge in [-0.25, -0.2) is 12.8 Å². The molecule has 3 aromatic carbocycles. The summed E-state index contributed by atoms with van der Waals surface area (Å²) in [6.07, 6.45) is -5.74. The summed E-state index contributed by atoms with van der Waals surface area (Å²) in [6.45, 7) is 2.12. The Morgan fingerprint density at radius 2 is 1.83 bits per heavy atom. The summed E-state index contributed by atoms with van der Waals surface area (Å²) >= 11 is 6.13. The van der Waals surface area contributed by atoms with Crippen LogP contribution in [-0.4, -0.2) is 45.5 Å². The Labute approximate surface area is 238 Å². The minimum atomic E-state index is -4.78. The first-order valence-corrected chi connectivity index (χ1v) is 14.0. The molecule has 1 heterocycles. The van der Waals surface area contributed by atoms with Crippen LogP contribution in [0.2, 0.25) is 5.02 Å². The topological polar surface area (TPSA) is 105 Å². The quantitative estimate of drug-likeness (QED) is 0.374.